The normalized spacial score (nSPS) is 14.4. The molecule has 0 aromatic carbocycles. The number of ether oxygens (including phenoxy) is 1. The molecule has 0 aliphatic heterocycles. The van der Waals surface area contributed by atoms with Crippen LogP contribution in [0.2, 0.25) is 0 Å². The van der Waals surface area contributed by atoms with Gasteiger partial charge in [-0.3, -0.25) is 4.98 Å². The topological polar surface area (TPSA) is 71.6 Å². The van der Waals surface area contributed by atoms with Crippen LogP contribution in [0.4, 0.5) is 5.69 Å². The Labute approximate surface area is 102 Å². The van der Waals surface area contributed by atoms with Crippen LogP contribution in [0, 0.1) is 0 Å². The van der Waals surface area contributed by atoms with Gasteiger partial charge in [-0.25, -0.2) is 0 Å². The van der Waals surface area contributed by atoms with Gasteiger partial charge in [0.25, 0.3) is 0 Å². The zero-order valence-corrected chi connectivity index (χ0v) is 10.6. The lowest BCUT2D eigenvalue weighted by Gasteiger charge is -2.22. The number of nitrogens with two attached hydrogens (primary N) is 1. The first kappa shape index (κ1) is 13.9. The number of aliphatic hydroxyl groups excluding tert-OH is 1. The lowest BCUT2D eigenvalue weighted by molar-refractivity contribution is 0.0695. The van der Waals surface area contributed by atoms with Gasteiger partial charge in [-0.15, -0.1) is 0 Å². The highest BCUT2D eigenvalue weighted by molar-refractivity contribution is 5.44. The molecule has 0 aliphatic carbocycles. The van der Waals surface area contributed by atoms with E-state index in [0.29, 0.717) is 13.2 Å². The van der Waals surface area contributed by atoms with Crippen LogP contribution in [0.15, 0.2) is 18.3 Å². The van der Waals surface area contributed by atoms with E-state index in [-0.39, 0.29) is 6.04 Å². The van der Waals surface area contributed by atoms with Crippen molar-refractivity contribution in [3.63, 3.8) is 0 Å². The molecule has 0 amide bonds. The zero-order chi connectivity index (χ0) is 12.8. The number of methoxy groups -OCH3 is 1. The molecule has 0 spiro atoms. The number of nitrogens with zero attached hydrogens (tertiary/aromatic N) is 2. The minimum atomic E-state index is -0.502. The van der Waals surface area contributed by atoms with Gasteiger partial charge in [-0.1, -0.05) is 0 Å². The Balaban J connectivity index is 2.60. The predicted molar refractivity (Wildman–Crippen MR) is 68.0 cm³/mol. The summed E-state index contributed by atoms with van der Waals surface area (Å²) in [4.78, 5) is 6.21. The number of hydrogen-bond acceptors (Lipinski definition) is 5. The van der Waals surface area contributed by atoms with Gasteiger partial charge in [0, 0.05) is 26.7 Å². The molecule has 17 heavy (non-hydrogen) atoms. The van der Waals surface area contributed by atoms with Crippen LogP contribution in [-0.4, -0.2) is 43.5 Å². The van der Waals surface area contributed by atoms with Crippen molar-refractivity contribution in [2.75, 3.05) is 32.2 Å². The minimum Gasteiger partial charge on any atom is -0.389 e. The molecule has 1 unspecified atom stereocenters. The molecule has 0 bridgehead atoms. The average molecular weight is 239 g/mol. The Morgan fingerprint density at radius 2 is 2.24 bits per heavy atom. The number of aliphatic hydroxyl groups is 1. The fourth-order valence-corrected chi connectivity index (χ4v) is 1.56. The van der Waals surface area contributed by atoms with Crippen LogP contribution in [0.25, 0.3) is 0 Å². The molecule has 1 aromatic heterocycles. The number of anilines is 1. The highest BCUT2D eigenvalue weighted by atomic mass is 16.5. The van der Waals surface area contributed by atoms with E-state index in [2.05, 4.69) is 4.98 Å². The summed E-state index contributed by atoms with van der Waals surface area (Å²) in [6, 6.07) is 3.79. The third-order valence-corrected chi connectivity index (χ3v) is 2.52. The highest BCUT2D eigenvalue weighted by Gasteiger charge is 2.09. The van der Waals surface area contributed by atoms with Crippen LogP contribution in [0.3, 0.4) is 0 Å². The van der Waals surface area contributed by atoms with E-state index in [0.717, 1.165) is 11.4 Å². The molecule has 5 nitrogen and oxygen atoms in total. The van der Waals surface area contributed by atoms with E-state index in [1.54, 1.807) is 13.3 Å². The molecular formula is C12H21N3O2. The number of rotatable bonds is 6. The fourth-order valence-electron chi connectivity index (χ4n) is 1.56. The fraction of sp³-hybridized carbons (Fsp3) is 0.583. The molecular weight excluding hydrogens is 218 g/mol. The van der Waals surface area contributed by atoms with E-state index < -0.39 is 6.10 Å². The molecule has 3 N–H and O–H groups in total. The maximum absolute atomic E-state index is 9.62. The molecule has 0 fully saturated rings. The van der Waals surface area contributed by atoms with Crippen molar-refractivity contribution in [2.45, 2.75) is 19.1 Å². The quantitative estimate of drug-likeness (QED) is 0.758. The summed E-state index contributed by atoms with van der Waals surface area (Å²) in [5.41, 5.74) is 7.54. The summed E-state index contributed by atoms with van der Waals surface area (Å²) in [5, 5.41) is 9.62. The van der Waals surface area contributed by atoms with E-state index in [9.17, 15) is 5.11 Å². The van der Waals surface area contributed by atoms with Gasteiger partial charge in [0.15, 0.2) is 0 Å². The third kappa shape index (κ3) is 4.30. The smallest absolute Gasteiger partial charge is 0.0947 e. The standard InChI is InChI=1S/C12H21N3O2/c1-9(13)12-5-4-10(6-14-12)15(2)7-11(16)8-17-3/h4-6,9,11,16H,7-8,13H2,1-3H3/t9-,11?/m1/s1. The summed E-state index contributed by atoms with van der Waals surface area (Å²) < 4.78 is 4.88. The average Bonchev–Trinajstić information content (AvgIpc) is 2.29. The van der Waals surface area contributed by atoms with Crippen molar-refractivity contribution in [1.29, 1.82) is 0 Å². The van der Waals surface area contributed by atoms with Gasteiger partial charge in [-0.05, 0) is 19.1 Å². The molecule has 96 valence electrons. The Hall–Kier alpha value is -1.17. The Morgan fingerprint density at radius 1 is 1.53 bits per heavy atom. The first-order valence-corrected chi connectivity index (χ1v) is 5.64. The van der Waals surface area contributed by atoms with E-state index in [4.69, 9.17) is 10.5 Å². The molecule has 0 aliphatic rings. The first-order chi connectivity index (χ1) is 8.04. The predicted octanol–water partition coefficient (Wildman–Crippen LogP) is 0.545. The van der Waals surface area contributed by atoms with Gasteiger partial charge in [0.2, 0.25) is 0 Å². The maximum atomic E-state index is 9.62. The molecule has 0 saturated heterocycles. The van der Waals surface area contributed by atoms with Crippen LogP contribution in [0.5, 0.6) is 0 Å². The Morgan fingerprint density at radius 3 is 2.71 bits per heavy atom. The lowest BCUT2D eigenvalue weighted by atomic mass is 10.2. The summed E-state index contributed by atoms with van der Waals surface area (Å²) in [6.07, 6.45) is 1.26. The molecule has 0 radical (unpaired) electrons. The van der Waals surface area contributed by atoms with E-state index in [1.165, 1.54) is 0 Å². The molecule has 1 rings (SSSR count). The summed E-state index contributed by atoms with van der Waals surface area (Å²) in [6.45, 7) is 2.73. The number of likely N-dealkylation sites (N-methyl/N-ethyl adjacent to an activating group) is 1. The SMILES string of the molecule is COCC(O)CN(C)c1ccc([C@@H](C)N)nc1. The number of aromatic nitrogens is 1. The first-order valence-electron chi connectivity index (χ1n) is 5.64. The zero-order valence-electron chi connectivity index (χ0n) is 10.6. The van der Waals surface area contributed by atoms with Crippen LogP contribution >= 0.6 is 0 Å². The summed E-state index contributed by atoms with van der Waals surface area (Å²) in [5.74, 6) is 0. The van der Waals surface area contributed by atoms with Gasteiger partial charge in [-0.2, -0.15) is 0 Å². The molecule has 2 atom stereocenters. The third-order valence-electron chi connectivity index (χ3n) is 2.52. The Kier molecular flexibility index (Phi) is 5.34. The van der Waals surface area contributed by atoms with Crippen molar-refractivity contribution in [2.24, 2.45) is 5.73 Å². The largest absolute Gasteiger partial charge is 0.389 e. The second-order valence-electron chi connectivity index (χ2n) is 4.22. The van der Waals surface area contributed by atoms with Crippen molar-refractivity contribution in [1.82, 2.24) is 4.98 Å². The number of pyridine rings is 1. The van der Waals surface area contributed by atoms with Crippen LogP contribution in [0.1, 0.15) is 18.7 Å². The maximum Gasteiger partial charge on any atom is 0.0947 e. The van der Waals surface area contributed by atoms with Gasteiger partial charge >= 0.3 is 0 Å². The van der Waals surface area contributed by atoms with Crippen LogP contribution in [-0.2, 0) is 4.74 Å². The van der Waals surface area contributed by atoms with E-state index >= 15 is 0 Å². The lowest BCUT2D eigenvalue weighted by Crippen LogP contribution is -2.31. The second kappa shape index (κ2) is 6.54. The number of hydrogen-bond donors (Lipinski definition) is 2. The Bertz CT molecular complexity index is 327. The molecule has 1 heterocycles. The van der Waals surface area contributed by atoms with Crippen LogP contribution < -0.4 is 10.6 Å². The van der Waals surface area contributed by atoms with Gasteiger partial charge < -0.3 is 20.5 Å². The molecule has 0 saturated carbocycles. The van der Waals surface area contributed by atoms with Crippen molar-refractivity contribution >= 4 is 5.69 Å². The summed E-state index contributed by atoms with van der Waals surface area (Å²) in [7, 11) is 3.48. The van der Waals surface area contributed by atoms with Crippen molar-refractivity contribution < 1.29 is 9.84 Å². The van der Waals surface area contributed by atoms with Crippen molar-refractivity contribution in [3.8, 4) is 0 Å². The van der Waals surface area contributed by atoms with E-state index in [1.807, 2.05) is 31.0 Å². The van der Waals surface area contributed by atoms with Gasteiger partial charge in [0.1, 0.15) is 0 Å². The summed E-state index contributed by atoms with van der Waals surface area (Å²) >= 11 is 0. The highest BCUT2D eigenvalue weighted by Crippen LogP contribution is 2.14. The molecule has 5 heteroatoms. The van der Waals surface area contributed by atoms with Gasteiger partial charge in [0.05, 0.1) is 30.3 Å². The minimum absolute atomic E-state index is 0.0616. The molecule has 1 aromatic rings. The monoisotopic (exact) mass is 239 g/mol. The second-order valence-corrected chi connectivity index (χ2v) is 4.22. The van der Waals surface area contributed by atoms with Crippen molar-refractivity contribution in [3.05, 3.63) is 24.0 Å².